The average Bonchev–Trinajstić information content (AvgIpc) is 2.92. The van der Waals surface area contributed by atoms with Crippen molar-refractivity contribution in [1.82, 2.24) is 19.9 Å². The lowest BCUT2D eigenvalue weighted by atomic mass is 10.2. The van der Waals surface area contributed by atoms with Crippen LogP contribution in [0.1, 0.15) is 29.5 Å². The zero-order chi connectivity index (χ0) is 14.4. The lowest BCUT2D eigenvalue weighted by molar-refractivity contribution is 0.0949. The van der Waals surface area contributed by atoms with E-state index in [-0.39, 0.29) is 5.91 Å². The third kappa shape index (κ3) is 3.34. The number of carbonyl (C=O) groups is 1. The summed E-state index contributed by atoms with van der Waals surface area (Å²) in [6.45, 7) is 3.40. The lowest BCUT2D eigenvalue weighted by Crippen LogP contribution is -2.24. The molecule has 0 aromatic carbocycles. The molecular formula is C14H18N4O2. The Bertz CT molecular complexity index is 580. The Morgan fingerprint density at radius 1 is 1.40 bits per heavy atom. The van der Waals surface area contributed by atoms with E-state index in [0.717, 1.165) is 18.8 Å². The smallest absolute Gasteiger partial charge is 0.251 e. The zero-order valence-electron chi connectivity index (χ0n) is 11.7. The van der Waals surface area contributed by atoms with Gasteiger partial charge < -0.3 is 14.6 Å². The maximum Gasteiger partial charge on any atom is 0.251 e. The summed E-state index contributed by atoms with van der Waals surface area (Å²) < 4.78 is 7.03. The standard InChI is InChI=1S/C14H18N4O2/c1-3-7-18-8-6-15-12(18)10-17-14(19)11-4-5-16-13(9-11)20-2/h4-6,8-9H,3,7,10H2,1-2H3,(H,17,19). The highest BCUT2D eigenvalue weighted by atomic mass is 16.5. The molecule has 1 N–H and O–H groups in total. The Balaban J connectivity index is 1.99. The van der Waals surface area contributed by atoms with E-state index < -0.39 is 0 Å². The second-order valence-electron chi connectivity index (χ2n) is 4.31. The molecule has 0 bridgehead atoms. The molecule has 6 heteroatoms. The number of pyridine rings is 1. The number of aryl methyl sites for hydroxylation is 1. The van der Waals surface area contributed by atoms with Gasteiger partial charge in [-0.1, -0.05) is 6.92 Å². The molecule has 0 atom stereocenters. The van der Waals surface area contributed by atoms with Crippen LogP contribution in [0.4, 0.5) is 0 Å². The van der Waals surface area contributed by atoms with Gasteiger partial charge in [0.25, 0.3) is 5.91 Å². The van der Waals surface area contributed by atoms with Gasteiger partial charge in [-0.05, 0) is 12.5 Å². The van der Waals surface area contributed by atoms with Crippen molar-refractivity contribution in [3.05, 3.63) is 42.1 Å². The maximum absolute atomic E-state index is 12.0. The summed E-state index contributed by atoms with van der Waals surface area (Å²) in [6.07, 6.45) is 6.23. The number of imidazole rings is 1. The second-order valence-corrected chi connectivity index (χ2v) is 4.31. The van der Waals surface area contributed by atoms with E-state index >= 15 is 0 Å². The van der Waals surface area contributed by atoms with Crippen LogP contribution in [0.5, 0.6) is 5.88 Å². The predicted molar refractivity (Wildman–Crippen MR) is 74.5 cm³/mol. The molecular weight excluding hydrogens is 256 g/mol. The van der Waals surface area contributed by atoms with Gasteiger partial charge in [0.05, 0.1) is 13.7 Å². The number of hydrogen-bond acceptors (Lipinski definition) is 4. The zero-order valence-corrected chi connectivity index (χ0v) is 11.7. The number of aromatic nitrogens is 3. The number of methoxy groups -OCH3 is 1. The SMILES string of the molecule is CCCn1ccnc1CNC(=O)c1ccnc(OC)c1. The van der Waals surface area contributed by atoms with E-state index in [4.69, 9.17) is 4.74 Å². The molecule has 106 valence electrons. The van der Waals surface area contributed by atoms with Crippen molar-refractivity contribution < 1.29 is 9.53 Å². The lowest BCUT2D eigenvalue weighted by Gasteiger charge is -2.08. The summed E-state index contributed by atoms with van der Waals surface area (Å²) >= 11 is 0. The highest BCUT2D eigenvalue weighted by Crippen LogP contribution is 2.08. The number of nitrogens with one attached hydrogen (secondary N) is 1. The molecule has 0 saturated carbocycles. The first-order chi connectivity index (χ1) is 9.74. The fraction of sp³-hybridized carbons (Fsp3) is 0.357. The first-order valence-corrected chi connectivity index (χ1v) is 6.53. The highest BCUT2D eigenvalue weighted by Gasteiger charge is 2.09. The van der Waals surface area contributed by atoms with Crippen molar-refractivity contribution in [2.24, 2.45) is 0 Å². The molecule has 2 heterocycles. The summed E-state index contributed by atoms with van der Waals surface area (Å²) in [4.78, 5) is 20.3. The van der Waals surface area contributed by atoms with Crippen LogP contribution in [0.2, 0.25) is 0 Å². The third-order valence-electron chi connectivity index (χ3n) is 2.88. The monoisotopic (exact) mass is 274 g/mol. The van der Waals surface area contributed by atoms with Gasteiger partial charge in [0.15, 0.2) is 0 Å². The van der Waals surface area contributed by atoms with Gasteiger partial charge in [-0.15, -0.1) is 0 Å². The molecule has 0 fully saturated rings. The van der Waals surface area contributed by atoms with Crippen molar-refractivity contribution in [2.45, 2.75) is 26.4 Å². The van der Waals surface area contributed by atoms with E-state index in [1.165, 1.54) is 7.11 Å². The van der Waals surface area contributed by atoms with E-state index in [0.29, 0.717) is 18.0 Å². The Labute approximate surface area is 117 Å². The normalized spacial score (nSPS) is 10.3. The molecule has 0 unspecified atom stereocenters. The van der Waals surface area contributed by atoms with Crippen molar-refractivity contribution in [3.8, 4) is 5.88 Å². The largest absolute Gasteiger partial charge is 0.481 e. The number of hydrogen-bond donors (Lipinski definition) is 1. The van der Waals surface area contributed by atoms with Gasteiger partial charge in [-0.25, -0.2) is 9.97 Å². The fourth-order valence-corrected chi connectivity index (χ4v) is 1.88. The van der Waals surface area contributed by atoms with Crippen LogP contribution in [0, 0.1) is 0 Å². The number of amides is 1. The van der Waals surface area contributed by atoms with Gasteiger partial charge in [0.2, 0.25) is 5.88 Å². The first-order valence-electron chi connectivity index (χ1n) is 6.53. The van der Waals surface area contributed by atoms with Crippen LogP contribution in [0.3, 0.4) is 0 Å². The van der Waals surface area contributed by atoms with Crippen molar-refractivity contribution in [3.63, 3.8) is 0 Å². The topological polar surface area (TPSA) is 69.0 Å². The van der Waals surface area contributed by atoms with Crippen LogP contribution in [-0.2, 0) is 13.1 Å². The van der Waals surface area contributed by atoms with E-state index in [2.05, 4.69) is 22.2 Å². The second kappa shape index (κ2) is 6.70. The fourth-order valence-electron chi connectivity index (χ4n) is 1.88. The van der Waals surface area contributed by atoms with Gasteiger partial charge in [-0.3, -0.25) is 4.79 Å². The summed E-state index contributed by atoms with van der Waals surface area (Å²) in [5.41, 5.74) is 0.519. The molecule has 0 saturated heterocycles. The molecule has 0 radical (unpaired) electrons. The predicted octanol–water partition coefficient (Wildman–Crippen LogP) is 1.63. The van der Waals surface area contributed by atoms with Gasteiger partial charge in [0.1, 0.15) is 5.82 Å². The summed E-state index contributed by atoms with van der Waals surface area (Å²) in [7, 11) is 1.52. The number of rotatable bonds is 6. The van der Waals surface area contributed by atoms with Crippen LogP contribution in [-0.4, -0.2) is 27.6 Å². The van der Waals surface area contributed by atoms with Crippen LogP contribution < -0.4 is 10.1 Å². The van der Waals surface area contributed by atoms with E-state index in [1.54, 1.807) is 24.5 Å². The summed E-state index contributed by atoms with van der Waals surface area (Å²) in [5, 5.41) is 2.85. The van der Waals surface area contributed by atoms with Gasteiger partial charge in [-0.2, -0.15) is 0 Å². The number of nitrogens with zero attached hydrogens (tertiary/aromatic N) is 3. The molecule has 2 aromatic rings. The molecule has 2 rings (SSSR count). The molecule has 0 aliphatic heterocycles. The minimum Gasteiger partial charge on any atom is -0.481 e. The number of carbonyl (C=O) groups excluding carboxylic acids is 1. The number of ether oxygens (including phenoxy) is 1. The molecule has 2 aromatic heterocycles. The Morgan fingerprint density at radius 2 is 2.25 bits per heavy atom. The molecule has 0 spiro atoms. The van der Waals surface area contributed by atoms with Crippen molar-refractivity contribution in [2.75, 3.05) is 7.11 Å². The maximum atomic E-state index is 12.0. The Kier molecular flexibility index (Phi) is 4.70. The van der Waals surface area contributed by atoms with E-state index in [9.17, 15) is 4.79 Å². The van der Waals surface area contributed by atoms with Crippen molar-refractivity contribution >= 4 is 5.91 Å². The summed E-state index contributed by atoms with van der Waals surface area (Å²) in [6, 6.07) is 3.25. The van der Waals surface area contributed by atoms with Crippen LogP contribution in [0.25, 0.3) is 0 Å². The first kappa shape index (κ1) is 14.0. The molecule has 1 amide bonds. The van der Waals surface area contributed by atoms with Gasteiger partial charge in [0, 0.05) is 36.8 Å². The van der Waals surface area contributed by atoms with Gasteiger partial charge >= 0.3 is 0 Å². The molecule has 0 aliphatic carbocycles. The minimum atomic E-state index is -0.170. The molecule has 0 aliphatic rings. The Morgan fingerprint density at radius 3 is 3.00 bits per heavy atom. The molecule has 6 nitrogen and oxygen atoms in total. The van der Waals surface area contributed by atoms with Crippen molar-refractivity contribution in [1.29, 1.82) is 0 Å². The Hall–Kier alpha value is -2.37. The van der Waals surface area contributed by atoms with Crippen LogP contribution >= 0.6 is 0 Å². The summed E-state index contributed by atoms with van der Waals surface area (Å²) in [5.74, 6) is 1.10. The molecule has 20 heavy (non-hydrogen) atoms. The quantitative estimate of drug-likeness (QED) is 0.869. The van der Waals surface area contributed by atoms with E-state index in [1.807, 2.05) is 10.8 Å². The average molecular weight is 274 g/mol. The highest BCUT2D eigenvalue weighted by molar-refractivity contribution is 5.94. The van der Waals surface area contributed by atoms with Crippen LogP contribution in [0.15, 0.2) is 30.7 Å². The third-order valence-corrected chi connectivity index (χ3v) is 2.88. The minimum absolute atomic E-state index is 0.170.